The van der Waals surface area contributed by atoms with Crippen LogP contribution in [0.25, 0.3) is 0 Å². The van der Waals surface area contributed by atoms with Gasteiger partial charge in [0.2, 0.25) is 0 Å². The summed E-state index contributed by atoms with van der Waals surface area (Å²) in [5.74, 6) is -0.719. The monoisotopic (exact) mass is 389 g/mol. The molecule has 0 aromatic heterocycles. The summed E-state index contributed by atoms with van der Waals surface area (Å²) < 4.78 is 6.57. The van der Waals surface area contributed by atoms with E-state index >= 15 is 0 Å². The van der Waals surface area contributed by atoms with Crippen LogP contribution in [-0.4, -0.2) is 33.4 Å². The number of nitrogens with one attached hydrogen (secondary N) is 1. The van der Waals surface area contributed by atoms with E-state index in [1.165, 1.54) is 0 Å². The van der Waals surface area contributed by atoms with Crippen LogP contribution < -0.4 is 9.78 Å². The number of hydrogen-bond acceptors (Lipinski definition) is 3. The maximum atomic E-state index is 12.3. The Labute approximate surface area is 148 Å². The van der Waals surface area contributed by atoms with E-state index in [4.69, 9.17) is 4.74 Å². The first-order valence-corrected chi connectivity index (χ1v) is 9.58. The van der Waals surface area contributed by atoms with Crippen LogP contribution in [0.1, 0.15) is 11.7 Å². The van der Waals surface area contributed by atoms with Gasteiger partial charge in [0, 0.05) is 0 Å². The summed E-state index contributed by atoms with van der Waals surface area (Å²) in [7, 11) is 0. The molecule has 0 saturated carbocycles. The van der Waals surface area contributed by atoms with Gasteiger partial charge >= 0.3 is 148 Å². The van der Waals surface area contributed by atoms with Crippen LogP contribution in [-0.2, 0) is 14.3 Å². The molecule has 2 rings (SSSR count). The van der Waals surface area contributed by atoms with Gasteiger partial charge in [0.25, 0.3) is 0 Å². The normalized spacial score (nSPS) is 11.3. The molecule has 1 N–H and O–H groups in total. The van der Waals surface area contributed by atoms with E-state index in [0.717, 1.165) is 4.46 Å². The maximum absolute atomic E-state index is 12.3. The van der Waals surface area contributed by atoms with Gasteiger partial charge in [-0.3, -0.25) is 0 Å². The Balaban J connectivity index is 2.00. The van der Waals surface area contributed by atoms with E-state index in [0.29, 0.717) is 12.1 Å². The van der Waals surface area contributed by atoms with Crippen molar-refractivity contribution >= 4 is 31.3 Å². The zero-order valence-corrected chi connectivity index (χ0v) is 14.9. The molecule has 1 atom stereocenters. The summed E-state index contributed by atoms with van der Waals surface area (Å²) in [6.45, 7) is 3.90. The van der Waals surface area contributed by atoms with Crippen molar-refractivity contribution in [3.8, 4) is 0 Å². The number of esters is 1. The molecule has 2 aromatic carbocycles. The summed E-state index contributed by atoms with van der Waals surface area (Å²) in [5, 5.41) is 2.97. The average Bonchev–Trinajstić information content (AvgIpc) is 2.64. The number of carbonyl (C=O) groups excluding carboxylic acids is 2. The van der Waals surface area contributed by atoms with E-state index in [1.807, 2.05) is 48.5 Å². The van der Waals surface area contributed by atoms with Crippen molar-refractivity contribution in [3.05, 3.63) is 78.9 Å². The third-order valence-electron chi connectivity index (χ3n) is 3.11. The molecular formula is C19H19NO3Se. The van der Waals surface area contributed by atoms with Crippen LogP contribution in [0.4, 0.5) is 0 Å². The zero-order chi connectivity index (χ0) is 17.2. The molecule has 4 nitrogen and oxygen atoms in total. The van der Waals surface area contributed by atoms with Gasteiger partial charge in [-0.15, -0.1) is 0 Å². The Morgan fingerprint density at radius 2 is 1.71 bits per heavy atom. The molecule has 124 valence electrons. The Kier molecular flexibility index (Phi) is 7.27. The van der Waals surface area contributed by atoms with Crippen LogP contribution in [0.2, 0.25) is 5.32 Å². The van der Waals surface area contributed by atoms with Gasteiger partial charge in [-0.25, -0.2) is 0 Å². The van der Waals surface area contributed by atoms with Crippen LogP contribution >= 0.6 is 0 Å². The first-order chi connectivity index (χ1) is 11.7. The van der Waals surface area contributed by atoms with E-state index in [9.17, 15) is 9.59 Å². The van der Waals surface area contributed by atoms with E-state index in [1.54, 1.807) is 18.2 Å². The van der Waals surface area contributed by atoms with Crippen molar-refractivity contribution in [2.75, 3.05) is 6.54 Å². The predicted molar refractivity (Wildman–Crippen MR) is 95.1 cm³/mol. The molecule has 2 aromatic rings. The number of benzene rings is 2. The number of rotatable bonds is 8. The average molecular weight is 388 g/mol. The summed E-state index contributed by atoms with van der Waals surface area (Å²) in [6, 6.07) is 18.8. The van der Waals surface area contributed by atoms with Crippen LogP contribution in [0.5, 0.6) is 0 Å². The third-order valence-corrected chi connectivity index (χ3v) is 5.18. The van der Waals surface area contributed by atoms with Gasteiger partial charge in [0.15, 0.2) is 0 Å². The Hall–Kier alpha value is -2.36. The van der Waals surface area contributed by atoms with Gasteiger partial charge < -0.3 is 0 Å². The van der Waals surface area contributed by atoms with E-state index in [-0.39, 0.29) is 32.2 Å². The van der Waals surface area contributed by atoms with Gasteiger partial charge in [0.05, 0.1) is 0 Å². The molecule has 0 heterocycles. The molecule has 0 aliphatic rings. The summed E-state index contributed by atoms with van der Waals surface area (Å²) in [6.07, 6.45) is 0.644. The second-order valence-corrected chi connectivity index (χ2v) is 7.12. The molecule has 5 heteroatoms. The number of amides is 1. The van der Waals surface area contributed by atoms with Crippen molar-refractivity contribution in [3.63, 3.8) is 0 Å². The van der Waals surface area contributed by atoms with Crippen LogP contribution in [0.15, 0.2) is 73.3 Å². The molecule has 0 saturated heterocycles. The fourth-order valence-corrected chi connectivity index (χ4v) is 3.46. The first kappa shape index (κ1) is 18.0. The molecular weight excluding hydrogens is 369 g/mol. The SMILES string of the molecule is C=CCNC(=O)[C@@H](OC(=O)C[Se]c1ccccc1)c1ccccc1. The fraction of sp³-hybridized carbons (Fsp3) is 0.158. The fourth-order valence-electron chi connectivity index (χ4n) is 1.99. The zero-order valence-electron chi connectivity index (χ0n) is 13.2. The van der Waals surface area contributed by atoms with E-state index < -0.39 is 6.10 Å². The van der Waals surface area contributed by atoms with Crippen molar-refractivity contribution in [2.45, 2.75) is 11.4 Å². The van der Waals surface area contributed by atoms with Crippen LogP contribution in [0.3, 0.4) is 0 Å². The number of carbonyl (C=O) groups is 2. The minimum absolute atomic E-state index is 0.0167. The van der Waals surface area contributed by atoms with Gasteiger partial charge in [-0.05, 0) is 0 Å². The number of hydrogen-bond donors (Lipinski definition) is 1. The standard InChI is InChI=1S/C19H19NO3Se/c1-2-13-20-19(22)18(15-9-5-3-6-10-15)23-17(21)14-24-16-11-7-4-8-12-16/h2-12,18H,1,13-14H2,(H,20,22)/t18-/m0/s1. The van der Waals surface area contributed by atoms with Crippen molar-refractivity contribution < 1.29 is 14.3 Å². The summed E-state index contributed by atoms with van der Waals surface area (Å²) in [5.41, 5.74) is 0.652. The van der Waals surface area contributed by atoms with Crippen molar-refractivity contribution in [1.29, 1.82) is 0 Å². The third kappa shape index (κ3) is 5.69. The molecule has 24 heavy (non-hydrogen) atoms. The van der Waals surface area contributed by atoms with Gasteiger partial charge in [0.1, 0.15) is 0 Å². The number of ether oxygens (including phenoxy) is 1. The minimum atomic E-state index is -0.940. The molecule has 1 amide bonds. The molecule has 0 aliphatic heterocycles. The molecule has 0 fully saturated rings. The van der Waals surface area contributed by atoms with Crippen LogP contribution in [0, 0.1) is 0 Å². The second-order valence-electron chi connectivity index (χ2n) is 4.92. The van der Waals surface area contributed by atoms with Gasteiger partial charge in [-0.1, -0.05) is 0 Å². The molecule has 0 spiro atoms. The van der Waals surface area contributed by atoms with E-state index in [2.05, 4.69) is 11.9 Å². The quantitative estimate of drug-likeness (QED) is 0.428. The molecule has 0 bridgehead atoms. The topological polar surface area (TPSA) is 55.4 Å². The van der Waals surface area contributed by atoms with Crippen molar-refractivity contribution in [2.24, 2.45) is 0 Å². The molecule has 0 radical (unpaired) electrons. The molecule has 0 unspecified atom stereocenters. The van der Waals surface area contributed by atoms with Crippen molar-refractivity contribution in [1.82, 2.24) is 5.32 Å². The Morgan fingerprint density at radius 3 is 2.33 bits per heavy atom. The first-order valence-electron chi connectivity index (χ1n) is 7.51. The Bertz CT molecular complexity index is 674. The second kappa shape index (κ2) is 9.71. The van der Waals surface area contributed by atoms with Gasteiger partial charge in [-0.2, -0.15) is 0 Å². The molecule has 0 aliphatic carbocycles. The Morgan fingerprint density at radius 1 is 1.08 bits per heavy atom. The summed E-state index contributed by atoms with van der Waals surface area (Å²) >= 11 is -0.0167. The predicted octanol–water partition coefficient (Wildman–Crippen LogP) is 2.02. The summed E-state index contributed by atoms with van der Waals surface area (Å²) in [4.78, 5) is 24.5.